The quantitative estimate of drug-likeness (QED) is 0.750. The fraction of sp³-hybridized carbons (Fsp3) is 0.176. The van der Waals surface area contributed by atoms with Gasteiger partial charge in [-0.15, -0.1) is 0 Å². The van der Waals surface area contributed by atoms with Crippen LogP contribution in [0.2, 0.25) is 0 Å². The lowest BCUT2D eigenvalue weighted by Crippen LogP contribution is -2.24. The molecule has 0 radical (unpaired) electrons. The van der Waals surface area contributed by atoms with Gasteiger partial charge in [-0.25, -0.2) is 0 Å². The standard InChI is InChI=1S/C17H17BrN2O3/c1-2-19-16(22)12-5-3-4-11(8-12)10-20-17(23)14-9-13(18)6-7-15(14)21/h3-9,21H,2,10H2,1H3,(H,19,22)(H,20,23). The first-order valence-electron chi connectivity index (χ1n) is 7.15. The summed E-state index contributed by atoms with van der Waals surface area (Å²) in [6.45, 7) is 2.67. The zero-order chi connectivity index (χ0) is 16.8. The Labute approximate surface area is 142 Å². The van der Waals surface area contributed by atoms with Gasteiger partial charge in [0.25, 0.3) is 11.8 Å². The highest BCUT2D eigenvalue weighted by Gasteiger charge is 2.12. The molecule has 0 aliphatic carbocycles. The van der Waals surface area contributed by atoms with Crippen LogP contribution in [-0.4, -0.2) is 23.5 Å². The Kier molecular flexibility index (Phi) is 5.76. The average molecular weight is 377 g/mol. The van der Waals surface area contributed by atoms with E-state index < -0.39 is 0 Å². The predicted molar refractivity (Wildman–Crippen MR) is 91.4 cm³/mol. The van der Waals surface area contributed by atoms with Gasteiger partial charge in [-0.05, 0) is 42.8 Å². The highest BCUT2D eigenvalue weighted by Crippen LogP contribution is 2.21. The molecule has 2 aromatic rings. The molecule has 0 atom stereocenters. The Balaban J connectivity index is 2.06. The molecule has 5 nitrogen and oxygen atoms in total. The van der Waals surface area contributed by atoms with Crippen LogP contribution in [0.15, 0.2) is 46.9 Å². The van der Waals surface area contributed by atoms with E-state index >= 15 is 0 Å². The molecule has 120 valence electrons. The zero-order valence-corrected chi connectivity index (χ0v) is 14.2. The van der Waals surface area contributed by atoms with Crippen molar-refractivity contribution in [2.75, 3.05) is 6.54 Å². The van der Waals surface area contributed by atoms with Crippen molar-refractivity contribution >= 4 is 27.7 Å². The molecular formula is C17H17BrN2O3. The monoisotopic (exact) mass is 376 g/mol. The van der Waals surface area contributed by atoms with E-state index in [4.69, 9.17) is 0 Å². The van der Waals surface area contributed by atoms with Gasteiger partial charge in [0.2, 0.25) is 0 Å². The van der Waals surface area contributed by atoms with Crippen molar-refractivity contribution in [3.63, 3.8) is 0 Å². The highest BCUT2D eigenvalue weighted by molar-refractivity contribution is 9.10. The van der Waals surface area contributed by atoms with Crippen molar-refractivity contribution in [2.24, 2.45) is 0 Å². The lowest BCUT2D eigenvalue weighted by atomic mass is 10.1. The molecule has 0 aliphatic rings. The van der Waals surface area contributed by atoms with E-state index in [0.29, 0.717) is 16.6 Å². The molecule has 0 aliphatic heterocycles. The molecule has 0 saturated heterocycles. The molecule has 0 unspecified atom stereocenters. The van der Waals surface area contributed by atoms with Gasteiger partial charge in [-0.1, -0.05) is 28.1 Å². The molecule has 3 N–H and O–H groups in total. The second-order valence-electron chi connectivity index (χ2n) is 4.90. The lowest BCUT2D eigenvalue weighted by Gasteiger charge is -2.09. The van der Waals surface area contributed by atoms with Gasteiger partial charge in [0.15, 0.2) is 0 Å². The molecule has 0 bridgehead atoms. The maximum atomic E-state index is 12.1. The number of rotatable bonds is 5. The topological polar surface area (TPSA) is 78.4 Å². The third-order valence-corrected chi connectivity index (χ3v) is 3.68. The summed E-state index contributed by atoms with van der Waals surface area (Å²) < 4.78 is 0.707. The van der Waals surface area contributed by atoms with E-state index in [0.717, 1.165) is 5.56 Å². The number of aromatic hydroxyl groups is 1. The summed E-state index contributed by atoms with van der Waals surface area (Å²) in [5, 5.41) is 15.2. The van der Waals surface area contributed by atoms with Crippen LogP contribution in [0.3, 0.4) is 0 Å². The molecule has 2 rings (SSSR count). The van der Waals surface area contributed by atoms with Crippen molar-refractivity contribution < 1.29 is 14.7 Å². The summed E-state index contributed by atoms with van der Waals surface area (Å²) in [6, 6.07) is 11.7. The van der Waals surface area contributed by atoms with Crippen molar-refractivity contribution in [3.8, 4) is 5.75 Å². The molecule has 23 heavy (non-hydrogen) atoms. The van der Waals surface area contributed by atoms with Crippen molar-refractivity contribution in [1.82, 2.24) is 10.6 Å². The third kappa shape index (κ3) is 4.56. The third-order valence-electron chi connectivity index (χ3n) is 3.18. The number of hydrogen-bond acceptors (Lipinski definition) is 3. The molecular weight excluding hydrogens is 360 g/mol. The Bertz CT molecular complexity index is 732. The van der Waals surface area contributed by atoms with Gasteiger partial charge in [0.1, 0.15) is 5.75 Å². The van der Waals surface area contributed by atoms with Gasteiger partial charge in [0.05, 0.1) is 5.56 Å². The molecule has 0 heterocycles. The number of hydrogen-bond donors (Lipinski definition) is 3. The van der Waals surface area contributed by atoms with E-state index in [9.17, 15) is 14.7 Å². The number of halogens is 1. The van der Waals surface area contributed by atoms with Gasteiger partial charge in [-0.2, -0.15) is 0 Å². The van der Waals surface area contributed by atoms with E-state index in [1.165, 1.54) is 6.07 Å². The maximum absolute atomic E-state index is 12.1. The minimum atomic E-state index is -0.382. The number of amides is 2. The Morgan fingerprint density at radius 1 is 1.09 bits per heavy atom. The summed E-state index contributed by atoms with van der Waals surface area (Å²) in [7, 11) is 0. The van der Waals surface area contributed by atoms with Crippen LogP contribution in [-0.2, 0) is 6.54 Å². The van der Waals surface area contributed by atoms with Crippen LogP contribution >= 0.6 is 15.9 Å². The number of phenols is 1. The van der Waals surface area contributed by atoms with E-state index in [-0.39, 0.29) is 29.7 Å². The first kappa shape index (κ1) is 17.0. The molecule has 0 saturated carbocycles. The van der Waals surface area contributed by atoms with E-state index in [1.807, 2.05) is 13.0 Å². The Morgan fingerprint density at radius 2 is 1.87 bits per heavy atom. The Morgan fingerprint density at radius 3 is 2.61 bits per heavy atom. The predicted octanol–water partition coefficient (Wildman–Crippen LogP) is 2.83. The summed E-state index contributed by atoms with van der Waals surface area (Å²) in [5.74, 6) is -0.612. The fourth-order valence-electron chi connectivity index (χ4n) is 2.05. The molecule has 2 amide bonds. The SMILES string of the molecule is CCNC(=O)c1cccc(CNC(=O)c2cc(Br)ccc2O)c1. The normalized spacial score (nSPS) is 10.2. The van der Waals surface area contributed by atoms with Gasteiger partial charge in [-0.3, -0.25) is 9.59 Å². The molecule has 2 aromatic carbocycles. The van der Waals surface area contributed by atoms with E-state index in [1.54, 1.807) is 30.3 Å². The molecule has 0 fully saturated rings. The van der Waals surface area contributed by atoms with Gasteiger partial charge >= 0.3 is 0 Å². The second-order valence-corrected chi connectivity index (χ2v) is 5.82. The summed E-state index contributed by atoms with van der Waals surface area (Å²) in [6.07, 6.45) is 0. The van der Waals surface area contributed by atoms with Gasteiger partial charge in [0, 0.05) is 23.1 Å². The summed E-state index contributed by atoms with van der Waals surface area (Å²) >= 11 is 3.27. The number of phenolic OH excluding ortho intramolecular Hbond substituents is 1. The first-order chi connectivity index (χ1) is 11.0. The summed E-state index contributed by atoms with van der Waals surface area (Å²) in [4.78, 5) is 23.9. The molecule has 0 aromatic heterocycles. The molecule has 0 spiro atoms. The minimum Gasteiger partial charge on any atom is -0.507 e. The summed E-state index contributed by atoms with van der Waals surface area (Å²) in [5.41, 5.74) is 1.54. The minimum absolute atomic E-state index is 0.0817. The number of carbonyl (C=O) groups excluding carboxylic acids is 2. The zero-order valence-electron chi connectivity index (χ0n) is 12.6. The number of carbonyl (C=O) groups is 2. The number of benzene rings is 2. The van der Waals surface area contributed by atoms with Crippen LogP contribution in [0.1, 0.15) is 33.2 Å². The van der Waals surface area contributed by atoms with E-state index in [2.05, 4.69) is 26.6 Å². The van der Waals surface area contributed by atoms with Crippen LogP contribution < -0.4 is 10.6 Å². The molecule has 6 heteroatoms. The average Bonchev–Trinajstić information content (AvgIpc) is 2.55. The van der Waals surface area contributed by atoms with Crippen LogP contribution in [0.4, 0.5) is 0 Å². The largest absolute Gasteiger partial charge is 0.507 e. The maximum Gasteiger partial charge on any atom is 0.255 e. The lowest BCUT2D eigenvalue weighted by molar-refractivity contribution is 0.0944. The highest BCUT2D eigenvalue weighted by atomic mass is 79.9. The Hall–Kier alpha value is -2.34. The fourth-order valence-corrected chi connectivity index (χ4v) is 2.41. The number of nitrogens with one attached hydrogen (secondary N) is 2. The van der Waals surface area contributed by atoms with Crippen LogP contribution in [0, 0.1) is 0 Å². The van der Waals surface area contributed by atoms with Crippen LogP contribution in [0.25, 0.3) is 0 Å². The first-order valence-corrected chi connectivity index (χ1v) is 7.94. The smallest absolute Gasteiger partial charge is 0.255 e. The van der Waals surface area contributed by atoms with Crippen molar-refractivity contribution in [2.45, 2.75) is 13.5 Å². The van der Waals surface area contributed by atoms with Crippen LogP contribution in [0.5, 0.6) is 5.75 Å². The second kappa shape index (κ2) is 7.78. The van der Waals surface area contributed by atoms with Crippen molar-refractivity contribution in [1.29, 1.82) is 0 Å². The van der Waals surface area contributed by atoms with Gasteiger partial charge < -0.3 is 15.7 Å². The van der Waals surface area contributed by atoms with Crippen molar-refractivity contribution in [3.05, 3.63) is 63.6 Å².